The molecule has 2 aliphatic heterocycles. The number of aryl methyl sites for hydroxylation is 1. The van der Waals surface area contributed by atoms with E-state index in [9.17, 15) is 0 Å². The molecule has 1 atom stereocenters. The Bertz CT molecular complexity index is 808. The summed E-state index contributed by atoms with van der Waals surface area (Å²) in [7, 11) is 2.04. The maximum absolute atomic E-state index is 9.11. The van der Waals surface area contributed by atoms with Crippen LogP contribution in [0.4, 0.5) is 5.82 Å². The monoisotopic (exact) mass is 352 g/mol. The predicted molar refractivity (Wildman–Crippen MR) is 97.6 cm³/mol. The molecular weight excluding hydrogens is 328 g/mol. The van der Waals surface area contributed by atoms with Gasteiger partial charge in [0.2, 0.25) is 0 Å². The first kappa shape index (κ1) is 17.0. The van der Waals surface area contributed by atoms with Crippen LogP contribution in [-0.4, -0.2) is 57.8 Å². The number of pyridine rings is 1. The molecule has 2 saturated heterocycles. The third kappa shape index (κ3) is 3.43. The molecule has 7 heteroatoms. The van der Waals surface area contributed by atoms with E-state index in [2.05, 4.69) is 30.4 Å². The lowest BCUT2D eigenvalue weighted by Gasteiger charge is -2.48. The van der Waals surface area contributed by atoms with E-state index >= 15 is 0 Å². The number of morpholine rings is 1. The van der Waals surface area contributed by atoms with Crippen molar-refractivity contribution in [1.29, 1.82) is 5.26 Å². The van der Waals surface area contributed by atoms with Crippen molar-refractivity contribution in [3.8, 4) is 6.07 Å². The molecule has 4 rings (SSSR count). The molecular formula is C19H24N6O. The van der Waals surface area contributed by atoms with Crippen LogP contribution in [0.15, 0.2) is 30.7 Å². The highest BCUT2D eigenvalue weighted by Gasteiger charge is 2.41. The lowest BCUT2D eigenvalue weighted by molar-refractivity contribution is -0.116. The summed E-state index contributed by atoms with van der Waals surface area (Å²) in [6.45, 7) is 5.26. The second-order valence-electron chi connectivity index (χ2n) is 7.26. The third-order valence-electron chi connectivity index (χ3n) is 5.34. The van der Waals surface area contributed by atoms with Crippen molar-refractivity contribution in [3.05, 3.63) is 42.1 Å². The molecule has 0 aliphatic carbocycles. The quantitative estimate of drug-likeness (QED) is 0.835. The Hall–Kier alpha value is -2.43. The predicted octanol–water partition coefficient (Wildman–Crippen LogP) is 1.56. The van der Waals surface area contributed by atoms with Gasteiger partial charge in [-0.25, -0.2) is 9.97 Å². The summed E-state index contributed by atoms with van der Waals surface area (Å²) < 4.78 is 8.37. The van der Waals surface area contributed by atoms with Crippen LogP contribution in [0.1, 0.15) is 24.2 Å². The lowest BCUT2D eigenvalue weighted by Crippen LogP contribution is -2.59. The number of anilines is 1. The summed E-state index contributed by atoms with van der Waals surface area (Å²) >= 11 is 0. The third-order valence-corrected chi connectivity index (χ3v) is 5.34. The molecule has 0 unspecified atom stereocenters. The van der Waals surface area contributed by atoms with Gasteiger partial charge in [0.25, 0.3) is 0 Å². The number of imidazole rings is 1. The number of hydrogen-bond acceptors (Lipinski definition) is 6. The number of piperidine rings is 1. The maximum atomic E-state index is 9.11. The van der Waals surface area contributed by atoms with E-state index in [-0.39, 0.29) is 5.60 Å². The minimum Gasteiger partial charge on any atom is -0.370 e. The second kappa shape index (κ2) is 7.06. The summed E-state index contributed by atoms with van der Waals surface area (Å²) in [4.78, 5) is 13.4. The van der Waals surface area contributed by atoms with Gasteiger partial charge in [-0.3, -0.25) is 4.90 Å². The molecule has 26 heavy (non-hydrogen) atoms. The van der Waals surface area contributed by atoms with Crippen molar-refractivity contribution >= 4 is 5.82 Å². The van der Waals surface area contributed by atoms with Gasteiger partial charge < -0.3 is 14.2 Å². The van der Waals surface area contributed by atoms with Crippen LogP contribution in [0.5, 0.6) is 0 Å². The Morgan fingerprint density at radius 3 is 3.04 bits per heavy atom. The first-order chi connectivity index (χ1) is 12.7. The Labute approximate surface area is 153 Å². The summed E-state index contributed by atoms with van der Waals surface area (Å²) in [5, 5.41) is 9.11. The van der Waals surface area contributed by atoms with Crippen molar-refractivity contribution in [1.82, 2.24) is 19.4 Å². The van der Waals surface area contributed by atoms with Gasteiger partial charge in [0.15, 0.2) is 0 Å². The smallest absolute Gasteiger partial charge is 0.142 e. The molecule has 136 valence electrons. The molecule has 0 bridgehead atoms. The Balaban J connectivity index is 1.48. The molecule has 1 spiro atoms. The molecule has 2 aliphatic rings. The van der Waals surface area contributed by atoms with Crippen LogP contribution in [0.3, 0.4) is 0 Å². The number of nitriles is 1. The highest BCUT2D eigenvalue weighted by molar-refractivity contribution is 5.42. The first-order valence-corrected chi connectivity index (χ1v) is 9.11. The van der Waals surface area contributed by atoms with Crippen molar-refractivity contribution in [2.45, 2.75) is 25.0 Å². The van der Waals surface area contributed by atoms with Gasteiger partial charge in [-0.1, -0.05) is 6.07 Å². The highest BCUT2D eigenvalue weighted by Crippen LogP contribution is 2.31. The molecule has 7 nitrogen and oxygen atoms in total. The fourth-order valence-electron chi connectivity index (χ4n) is 4.03. The van der Waals surface area contributed by atoms with Gasteiger partial charge in [0.05, 0.1) is 24.2 Å². The fourth-order valence-corrected chi connectivity index (χ4v) is 4.03. The number of rotatable bonds is 3. The van der Waals surface area contributed by atoms with Crippen LogP contribution in [0.25, 0.3) is 0 Å². The zero-order chi connectivity index (χ0) is 18.0. The summed E-state index contributed by atoms with van der Waals surface area (Å²) in [5.41, 5.74) is 1.52. The molecule has 0 aromatic carbocycles. The van der Waals surface area contributed by atoms with E-state index in [0.29, 0.717) is 5.69 Å². The van der Waals surface area contributed by atoms with Crippen LogP contribution < -0.4 is 4.90 Å². The van der Waals surface area contributed by atoms with Crippen molar-refractivity contribution in [2.24, 2.45) is 7.05 Å². The zero-order valence-electron chi connectivity index (χ0n) is 15.1. The molecule has 0 saturated carbocycles. The molecule has 0 radical (unpaired) electrons. The van der Waals surface area contributed by atoms with Gasteiger partial charge >= 0.3 is 0 Å². The van der Waals surface area contributed by atoms with Crippen molar-refractivity contribution < 1.29 is 4.74 Å². The van der Waals surface area contributed by atoms with E-state index in [0.717, 1.165) is 58.0 Å². The Kier molecular flexibility index (Phi) is 4.62. The van der Waals surface area contributed by atoms with Gasteiger partial charge in [-0.05, 0) is 25.0 Å². The van der Waals surface area contributed by atoms with Gasteiger partial charge in [0, 0.05) is 46.0 Å². The molecule has 0 N–H and O–H groups in total. The van der Waals surface area contributed by atoms with E-state index in [1.165, 1.54) is 5.69 Å². The van der Waals surface area contributed by atoms with E-state index < -0.39 is 0 Å². The minimum absolute atomic E-state index is 0.167. The highest BCUT2D eigenvalue weighted by atomic mass is 16.5. The molecule has 0 amide bonds. The van der Waals surface area contributed by atoms with Crippen LogP contribution >= 0.6 is 0 Å². The van der Waals surface area contributed by atoms with Gasteiger partial charge in [-0.15, -0.1) is 0 Å². The number of ether oxygens (including phenoxy) is 1. The minimum atomic E-state index is -0.167. The van der Waals surface area contributed by atoms with Gasteiger partial charge in [0.1, 0.15) is 17.6 Å². The zero-order valence-corrected chi connectivity index (χ0v) is 15.1. The van der Waals surface area contributed by atoms with Crippen LogP contribution in [0.2, 0.25) is 0 Å². The fraction of sp³-hybridized carbons (Fsp3) is 0.526. The Morgan fingerprint density at radius 2 is 2.23 bits per heavy atom. The standard InChI is InChI=1S/C19H24N6O/c1-23-15-21-11-17(23)12-24-8-9-26-19(13-24)6-3-7-25(14-19)18-5-2-4-16(10-20)22-18/h2,4-5,11,15H,3,6-9,12-14H2,1H3/t19-/m0/s1. The second-order valence-corrected chi connectivity index (χ2v) is 7.26. The number of aromatic nitrogens is 3. The summed E-state index contributed by atoms with van der Waals surface area (Å²) in [5.74, 6) is 0.871. The molecule has 4 heterocycles. The van der Waals surface area contributed by atoms with E-state index in [1.807, 2.05) is 31.7 Å². The largest absolute Gasteiger partial charge is 0.370 e. The van der Waals surface area contributed by atoms with Crippen LogP contribution in [0, 0.1) is 11.3 Å². The normalized spacial score (nSPS) is 23.9. The lowest BCUT2D eigenvalue weighted by atomic mass is 9.90. The average molecular weight is 352 g/mol. The topological polar surface area (TPSA) is 70.2 Å². The van der Waals surface area contributed by atoms with Gasteiger partial charge in [-0.2, -0.15) is 5.26 Å². The van der Waals surface area contributed by atoms with Crippen LogP contribution in [-0.2, 0) is 18.3 Å². The number of hydrogen-bond donors (Lipinski definition) is 0. The summed E-state index contributed by atoms with van der Waals surface area (Å²) in [6, 6.07) is 7.76. The number of nitrogens with zero attached hydrogens (tertiary/aromatic N) is 6. The SMILES string of the molecule is Cn1cncc1CN1CCO[C@@]2(CCCN(c3cccc(C#N)n3)C2)C1. The van der Waals surface area contributed by atoms with E-state index in [4.69, 9.17) is 10.00 Å². The average Bonchev–Trinajstić information content (AvgIpc) is 3.06. The molecule has 2 aromatic rings. The maximum Gasteiger partial charge on any atom is 0.142 e. The summed E-state index contributed by atoms with van der Waals surface area (Å²) in [6.07, 6.45) is 5.91. The van der Waals surface area contributed by atoms with Crippen molar-refractivity contribution in [3.63, 3.8) is 0 Å². The molecule has 2 fully saturated rings. The van der Waals surface area contributed by atoms with E-state index in [1.54, 1.807) is 6.07 Å². The van der Waals surface area contributed by atoms with Crippen molar-refractivity contribution in [2.75, 3.05) is 37.7 Å². The first-order valence-electron chi connectivity index (χ1n) is 9.11. The molecule has 2 aromatic heterocycles. The Morgan fingerprint density at radius 1 is 1.31 bits per heavy atom.